The molecule has 0 amide bonds. The number of nitrogen functional groups attached to an aromatic ring is 1. The zero-order chi connectivity index (χ0) is 29.6. The Balaban J connectivity index is 0.00000216. The lowest BCUT2D eigenvalue weighted by Crippen LogP contribution is -2.31. The number of fused-ring (bicyclic) bond motifs is 1. The van der Waals surface area contributed by atoms with Crippen LogP contribution in [0.15, 0.2) is 59.5 Å². The maximum absolute atomic E-state index is 15.5. The number of carbonyl (C=O) groups is 1. The molecule has 0 bridgehead atoms. The number of hydrazine groups is 1. The molecule has 216 valence electrons. The highest BCUT2D eigenvalue weighted by atomic mass is 32.2. The van der Waals surface area contributed by atoms with Crippen molar-refractivity contribution < 1.29 is 22.7 Å². The van der Waals surface area contributed by atoms with Gasteiger partial charge >= 0.3 is 5.97 Å². The first kappa shape index (κ1) is 31.1. The van der Waals surface area contributed by atoms with E-state index in [1.807, 2.05) is 39.0 Å². The lowest BCUT2D eigenvalue weighted by molar-refractivity contribution is -0.137. The van der Waals surface area contributed by atoms with E-state index in [-0.39, 0.29) is 24.2 Å². The number of aliphatic carboxylic acids is 1. The summed E-state index contributed by atoms with van der Waals surface area (Å²) in [7, 11) is -3.72. The third kappa shape index (κ3) is 6.46. The summed E-state index contributed by atoms with van der Waals surface area (Å²) in [6, 6.07) is 15.5. The second-order valence-corrected chi connectivity index (χ2v) is 11.5. The van der Waals surface area contributed by atoms with E-state index < -0.39 is 27.7 Å². The molecule has 8 nitrogen and oxygen atoms in total. The van der Waals surface area contributed by atoms with Gasteiger partial charge in [0, 0.05) is 25.6 Å². The molecule has 1 heterocycles. The Labute approximate surface area is 236 Å². The fourth-order valence-electron chi connectivity index (χ4n) is 4.97. The predicted octanol–water partition coefficient (Wildman–Crippen LogP) is 5.19. The van der Waals surface area contributed by atoms with Crippen molar-refractivity contribution in [3.8, 4) is 0 Å². The zero-order valence-electron chi connectivity index (χ0n) is 23.5. The number of aryl methyl sites for hydroxylation is 2. The molecule has 1 atom stereocenters. The van der Waals surface area contributed by atoms with Crippen LogP contribution in [0.2, 0.25) is 0 Å². The van der Waals surface area contributed by atoms with Crippen molar-refractivity contribution in [3.63, 3.8) is 0 Å². The van der Waals surface area contributed by atoms with Gasteiger partial charge in [-0.2, -0.15) is 4.31 Å². The van der Waals surface area contributed by atoms with Gasteiger partial charge in [-0.05, 0) is 66.6 Å². The molecule has 4 rings (SSSR count). The molecule has 1 aliphatic rings. The van der Waals surface area contributed by atoms with Crippen LogP contribution in [0, 0.1) is 12.7 Å². The Bertz CT molecular complexity index is 1460. The Morgan fingerprint density at radius 3 is 2.52 bits per heavy atom. The van der Waals surface area contributed by atoms with Gasteiger partial charge in [0.05, 0.1) is 22.7 Å². The van der Waals surface area contributed by atoms with E-state index in [9.17, 15) is 18.3 Å². The van der Waals surface area contributed by atoms with Gasteiger partial charge in [0.15, 0.2) is 5.82 Å². The monoisotopic (exact) mass is 570 g/mol. The number of anilines is 2. The SMILES string of the molecule is CC.CCN(N)c1ccc(C(CC(=O)O)c2ccc(C)c(CN3CCCc4ccccc4S3(=O)=O)c2)c(F)c1N. The summed E-state index contributed by atoms with van der Waals surface area (Å²) in [5, 5.41) is 11.0. The predicted molar refractivity (Wildman–Crippen MR) is 157 cm³/mol. The summed E-state index contributed by atoms with van der Waals surface area (Å²) in [6.07, 6.45) is 0.984. The minimum Gasteiger partial charge on any atom is -0.481 e. The Morgan fingerprint density at radius 2 is 1.85 bits per heavy atom. The molecule has 10 heteroatoms. The molecule has 0 saturated heterocycles. The van der Waals surface area contributed by atoms with E-state index in [2.05, 4.69) is 0 Å². The number of hydrogen-bond donors (Lipinski definition) is 3. The average Bonchev–Trinajstić information content (AvgIpc) is 3.06. The molecule has 0 saturated carbocycles. The first-order valence-corrected chi connectivity index (χ1v) is 15.0. The van der Waals surface area contributed by atoms with Gasteiger partial charge in [0.1, 0.15) is 0 Å². The molecule has 3 aromatic rings. The van der Waals surface area contributed by atoms with Gasteiger partial charge in [0.25, 0.3) is 0 Å². The maximum Gasteiger partial charge on any atom is 0.304 e. The number of nitrogens with two attached hydrogens (primary N) is 2. The van der Waals surface area contributed by atoms with E-state index >= 15 is 4.39 Å². The molecule has 0 radical (unpaired) electrons. The molecule has 3 aromatic carbocycles. The summed E-state index contributed by atoms with van der Waals surface area (Å²) in [6.45, 7) is 8.57. The average molecular weight is 571 g/mol. The second-order valence-electron chi connectivity index (χ2n) is 9.57. The van der Waals surface area contributed by atoms with Crippen molar-refractivity contribution in [2.45, 2.75) is 64.3 Å². The van der Waals surface area contributed by atoms with E-state index in [0.29, 0.717) is 42.1 Å². The van der Waals surface area contributed by atoms with E-state index in [0.717, 1.165) is 16.7 Å². The van der Waals surface area contributed by atoms with Crippen molar-refractivity contribution in [2.75, 3.05) is 23.8 Å². The van der Waals surface area contributed by atoms with Gasteiger partial charge in [0.2, 0.25) is 10.0 Å². The van der Waals surface area contributed by atoms with Crippen molar-refractivity contribution in [2.24, 2.45) is 5.84 Å². The van der Waals surface area contributed by atoms with Crippen LogP contribution in [0.3, 0.4) is 0 Å². The zero-order valence-corrected chi connectivity index (χ0v) is 24.3. The highest BCUT2D eigenvalue weighted by Crippen LogP contribution is 2.37. The number of halogens is 1. The van der Waals surface area contributed by atoms with Gasteiger partial charge in [-0.15, -0.1) is 0 Å². The smallest absolute Gasteiger partial charge is 0.304 e. The Hall–Kier alpha value is -3.47. The van der Waals surface area contributed by atoms with Crippen LogP contribution in [0.5, 0.6) is 0 Å². The van der Waals surface area contributed by atoms with Crippen LogP contribution in [-0.4, -0.2) is 36.9 Å². The van der Waals surface area contributed by atoms with Crippen LogP contribution in [0.25, 0.3) is 0 Å². The number of nitrogens with zero attached hydrogens (tertiary/aromatic N) is 2. The molecule has 0 aromatic heterocycles. The van der Waals surface area contributed by atoms with E-state index in [1.165, 1.54) is 15.4 Å². The van der Waals surface area contributed by atoms with Gasteiger partial charge in [-0.3, -0.25) is 4.79 Å². The molecular weight excluding hydrogens is 531 g/mol. The van der Waals surface area contributed by atoms with Crippen molar-refractivity contribution >= 4 is 27.4 Å². The number of carboxylic acid groups (broad SMARTS) is 1. The highest BCUT2D eigenvalue weighted by Gasteiger charge is 2.30. The fraction of sp³-hybridized carbons (Fsp3) is 0.367. The van der Waals surface area contributed by atoms with Crippen LogP contribution in [-0.2, 0) is 27.8 Å². The minimum absolute atomic E-state index is 0.123. The molecule has 0 spiro atoms. The Kier molecular flexibility index (Phi) is 10.3. The third-order valence-corrected chi connectivity index (χ3v) is 9.10. The quantitative estimate of drug-likeness (QED) is 0.193. The molecule has 40 heavy (non-hydrogen) atoms. The minimum atomic E-state index is -3.72. The van der Waals surface area contributed by atoms with Gasteiger partial charge in [-0.1, -0.05) is 56.3 Å². The summed E-state index contributed by atoms with van der Waals surface area (Å²) >= 11 is 0. The van der Waals surface area contributed by atoms with Crippen LogP contribution < -0.4 is 16.6 Å². The summed E-state index contributed by atoms with van der Waals surface area (Å²) < 4.78 is 43.9. The lowest BCUT2D eigenvalue weighted by atomic mass is 9.86. The van der Waals surface area contributed by atoms with Crippen molar-refractivity contribution in [1.82, 2.24) is 4.31 Å². The summed E-state index contributed by atoms with van der Waals surface area (Å²) in [5.74, 6) is 3.26. The molecule has 0 fully saturated rings. The number of sulfonamides is 1. The third-order valence-electron chi connectivity index (χ3n) is 7.16. The fourth-order valence-corrected chi connectivity index (χ4v) is 6.68. The first-order valence-electron chi connectivity index (χ1n) is 13.5. The van der Waals surface area contributed by atoms with Crippen LogP contribution >= 0.6 is 0 Å². The number of hydrogen-bond acceptors (Lipinski definition) is 6. The number of rotatable bonds is 8. The summed E-state index contributed by atoms with van der Waals surface area (Å²) in [5.41, 5.74) is 9.31. The number of benzene rings is 3. The van der Waals surface area contributed by atoms with Crippen LogP contribution in [0.1, 0.15) is 67.3 Å². The molecule has 0 aliphatic carbocycles. The molecule has 1 aliphatic heterocycles. The molecular formula is C30H39FN4O4S. The van der Waals surface area contributed by atoms with Gasteiger partial charge in [-0.25, -0.2) is 18.7 Å². The molecule has 1 unspecified atom stereocenters. The Morgan fingerprint density at radius 1 is 1.15 bits per heavy atom. The maximum atomic E-state index is 15.5. The molecule has 5 N–H and O–H groups in total. The topological polar surface area (TPSA) is 130 Å². The highest BCUT2D eigenvalue weighted by molar-refractivity contribution is 7.89. The van der Waals surface area contributed by atoms with E-state index in [1.54, 1.807) is 37.3 Å². The van der Waals surface area contributed by atoms with Crippen molar-refractivity contribution in [1.29, 1.82) is 0 Å². The van der Waals surface area contributed by atoms with Crippen LogP contribution in [0.4, 0.5) is 15.8 Å². The largest absolute Gasteiger partial charge is 0.481 e. The van der Waals surface area contributed by atoms with E-state index in [4.69, 9.17) is 11.6 Å². The van der Waals surface area contributed by atoms with Gasteiger partial charge < -0.3 is 15.8 Å². The summed E-state index contributed by atoms with van der Waals surface area (Å²) in [4.78, 5) is 12.1. The standard InChI is InChI=1S/C28H33FN4O4S.C2H6/c1-3-33(31)24-13-12-22(27(29)28(24)30)23(16-26(34)35)20-11-10-18(2)21(15-20)17-32-14-6-8-19-7-4-5-9-25(19)38(32,36)37;1-2/h4-5,7,9-13,15,23H,3,6,8,14,16-17,30-31H2,1-2H3,(H,34,35);1-2H3. The lowest BCUT2D eigenvalue weighted by Gasteiger charge is -2.24. The number of carboxylic acids is 1. The first-order chi connectivity index (χ1) is 19.0. The van der Waals surface area contributed by atoms with Crippen molar-refractivity contribution in [3.05, 3.63) is 88.2 Å². The second kappa shape index (κ2) is 13.3. The normalized spacial score (nSPS) is 15.2.